The number of benzene rings is 2. The monoisotopic (exact) mass is 376 g/mol. The molecule has 6 heteroatoms. The van der Waals surface area contributed by atoms with Crippen LogP contribution in [0.4, 0.5) is 5.69 Å². The van der Waals surface area contributed by atoms with E-state index in [9.17, 15) is 9.59 Å². The van der Waals surface area contributed by atoms with Crippen LogP contribution in [0.25, 0.3) is 0 Å². The van der Waals surface area contributed by atoms with Crippen LogP contribution in [0.2, 0.25) is 0 Å². The molecule has 1 fully saturated rings. The first-order valence-corrected chi connectivity index (χ1v) is 9.61. The van der Waals surface area contributed by atoms with Gasteiger partial charge in [-0.15, -0.1) is 0 Å². The Morgan fingerprint density at radius 1 is 1.14 bits per heavy atom. The third-order valence-electron chi connectivity index (χ3n) is 5.21. The fourth-order valence-corrected chi connectivity index (χ4v) is 3.69. The van der Waals surface area contributed by atoms with Gasteiger partial charge in [-0.25, -0.2) is 5.43 Å². The van der Waals surface area contributed by atoms with Crippen LogP contribution in [0.5, 0.6) is 0 Å². The zero-order valence-corrected chi connectivity index (χ0v) is 15.8. The molecule has 2 aromatic carbocycles. The van der Waals surface area contributed by atoms with Crippen molar-refractivity contribution >= 4 is 17.5 Å². The summed E-state index contributed by atoms with van der Waals surface area (Å²) in [5.74, 6) is -0.267. The summed E-state index contributed by atoms with van der Waals surface area (Å²) in [6.07, 6.45) is 5.08. The minimum absolute atomic E-state index is 0.00598. The first kappa shape index (κ1) is 18.3. The van der Waals surface area contributed by atoms with E-state index >= 15 is 0 Å². The maximum atomic E-state index is 12.9. The van der Waals surface area contributed by atoms with Crippen molar-refractivity contribution in [2.75, 3.05) is 11.9 Å². The van der Waals surface area contributed by atoms with Gasteiger partial charge in [-0.1, -0.05) is 49.4 Å². The summed E-state index contributed by atoms with van der Waals surface area (Å²) in [6.45, 7) is 2.08. The van der Waals surface area contributed by atoms with E-state index in [2.05, 4.69) is 29.8 Å². The van der Waals surface area contributed by atoms with Crippen LogP contribution in [-0.4, -0.2) is 34.3 Å². The highest BCUT2D eigenvalue weighted by Gasteiger charge is 2.40. The van der Waals surface area contributed by atoms with Crippen LogP contribution >= 0.6 is 0 Å². The number of carbonyl (C=O) groups excluding carboxylic acids is 2. The summed E-state index contributed by atoms with van der Waals surface area (Å²) >= 11 is 0. The number of nitrogens with zero attached hydrogens (tertiary/aromatic N) is 2. The van der Waals surface area contributed by atoms with Crippen LogP contribution in [-0.2, 0) is 16.0 Å². The molecule has 2 aromatic rings. The van der Waals surface area contributed by atoms with E-state index in [1.54, 1.807) is 6.20 Å². The van der Waals surface area contributed by atoms with Gasteiger partial charge in [-0.3, -0.25) is 9.59 Å². The molecule has 144 valence electrons. The summed E-state index contributed by atoms with van der Waals surface area (Å²) in [5.41, 5.74) is 6.43. The number of anilines is 1. The smallest absolute Gasteiger partial charge is 0.251 e. The number of hydrogen-bond acceptors (Lipinski definition) is 4. The van der Waals surface area contributed by atoms with E-state index in [4.69, 9.17) is 0 Å². The zero-order valence-electron chi connectivity index (χ0n) is 15.8. The van der Waals surface area contributed by atoms with Crippen molar-refractivity contribution in [3.63, 3.8) is 0 Å². The Balaban J connectivity index is 1.39. The summed E-state index contributed by atoms with van der Waals surface area (Å²) in [4.78, 5) is 26.8. The highest BCUT2D eigenvalue weighted by atomic mass is 16.2. The lowest BCUT2D eigenvalue weighted by atomic mass is 10.0. The SMILES string of the molecule is CCc1cccc(NC(=O)CN2C=CN3NC(c4ccccc4)CC3C2=O)c1. The molecule has 2 aliphatic heterocycles. The van der Waals surface area contributed by atoms with Crippen LogP contribution < -0.4 is 10.7 Å². The average molecular weight is 376 g/mol. The topological polar surface area (TPSA) is 64.7 Å². The minimum atomic E-state index is -0.300. The van der Waals surface area contributed by atoms with Crippen molar-refractivity contribution < 1.29 is 9.59 Å². The summed E-state index contributed by atoms with van der Waals surface area (Å²) in [5, 5.41) is 4.73. The van der Waals surface area contributed by atoms with Crippen molar-refractivity contribution in [1.29, 1.82) is 0 Å². The second-order valence-corrected chi connectivity index (χ2v) is 7.12. The maximum Gasteiger partial charge on any atom is 0.251 e. The Morgan fingerprint density at radius 2 is 1.96 bits per heavy atom. The molecule has 0 aromatic heterocycles. The van der Waals surface area contributed by atoms with Gasteiger partial charge in [0, 0.05) is 18.1 Å². The second kappa shape index (κ2) is 7.86. The van der Waals surface area contributed by atoms with Gasteiger partial charge in [0.05, 0.1) is 6.04 Å². The maximum absolute atomic E-state index is 12.9. The molecule has 0 saturated carbocycles. The molecule has 2 atom stereocenters. The summed E-state index contributed by atoms with van der Waals surface area (Å²) in [6, 6.07) is 17.6. The van der Waals surface area contributed by atoms with Crippen molar-refractivity contribution in [2.24, 2.45) is 0 Å². The van der Waals surface area contributed by atoms with E-state index in [0.29, 0.717) is 6.42 Å². The molecule has 2 aliphatic rings. The molecule has 0 bridgehead atoms. The number of fused-ring (bicyclic) bond motifs is 1. The number of hydrogen-bond donors (Lipinski definition) is 2. The van der Waals surface area contributed by atoms with Crippen molar-refractivity contribution in [1.82, 2.24) is 15.3 Å². The van der Waals surface area contributed by atoms with Gasteiger partial charge < -0.3 is 15.2 Å². The normalized spacial score (nSPS) is 21.0. The molecule has 2 heterocycles. The molecule has 28 heavy (non-hydrogen) atoms. The van der Waals surface area contributed by atoms with Crippen molar-refractivity contribution in [2.45, 2.75) is 31.8 Å². The van der Waals surface area contributed by atoms with Crippen LogP contribution in [0.15, 0.2) is 67.0 Å². The van der Waals surface area contributed by atoms with Gasteiger partial charge in [-0.05, 0) is 36.1 Å². The Morgan fingerprint density at radius 3 is 2.75 bits per heavy atom. The van der Waals surface area contributed by atoms with E-state index in [1.807, 2.05) is 53.7 Å². The van der Waals surface area contributed by atoms with Gasteiger partial charge in [0.1, 0.15) is 12.6 Å². The molecule has 4 rings (SSSR count). The highest BCUT2D eigenvalue weighted by molar-refractivity contribution is 5.96. The molecular weight excluding hydrogens is 352 g/mol. The van der Waals surface area contributed by atoms with Crippen molar-refractivity contribution in [3.8, 4) is 0 Å². The van der Waals surface area contributed by atoms with Gasteiger partial charge in [0.25, 0.3) is 5.91 Å². The van der Waals surface area contributed by atoms with Gasteiger partial charge in [-0.2, -0.15) is 0 Å². The average Bonchev–Trinajstić information content (AvgIpc) is 3.16. The molecule has 0 spiro atoms. The Hall–Kier alpha value is -3.12. The van der Waals surface area contributed by atoms with Gasteiger partial charge in [0.15, 0.2) is 0 Å². The molecule has 6 nitrogen and oxygen atoms in total. The Bertz CT molecular complexity index is 896. The van der Waals surface area contributed by atoms with Crippen LogP contribution in [0.1, 0.15) is 30.5 Å². The molecule has 2 N–H and O–H groups in total. The number of amides is 2. The number of nitrogens with one attached hydrogen (secondary N) is 2. The highest BCUT2D eigenvalue weighted by Crippen LogP contribution is 2.30. The van der Waals surface area contributed by atoms with Crippen LogP contribution in [0, 0.1) is 0 Å². The predicted molar refractivity (Wildman–Crippen MR) is 108 cm³/mol. The van der Waals surface area contributed by atoms with E-state index in [0.717, 1.165) is 23.2 Å². The van der Waals surface area contributed by atoms with E-state index < -0.39 is 0 Å². The molecule has 0 radical (unpaired) electrons. The van der Waals surface area contributed by atoms with Crippen LogP contribution in [0.3, 0.4) is 0 Å². The minimum Gasteiger partial charge on any atom is -0.325 e. The number of hydrazine groups is 1. The van der Waals surface area contributed by atoms with Gasteiger partial charge in [0.2, 0.25) is 5.91 Å². The number of aryl methyl sites for hydroxylation is 1. The lowest BCUT2D eigenvalue weighted by Crippen LogP contribution is -2.49. The fraction of sp³-hybridized carbons (Fsp3) is 0.273. The Kier molecular flexibility index (Phi) is 5.12. The third kappa shape index (κ3) is 3.77. The first-order valence-electron chi connectivity index (χ1n) is 9.61. The lowest BCUT2D eigenvalue weighted by molar-refractivity contribution is -0.137. The summed E-state index contributed by atoms with van der Waals surface area (Å²) < 4.78 is 0. The van der Waals surface area contributed by atoms with Crippen molar-refractivity contribution in [3.05, 3.63) is 78.1 Å². The Labute approximate surface area is 164 Å². The molecule has 0 aliphatic carbocycles. The largest absolute Gasteiger partial charge is 0.325 e. The van der Waals surface area contributed by atoms with Gasteiger partial charge >= 0.3 is 0 Å². The molecule has 1 saturated heterocycles. The predicted octanol–water partition coefficient (Wildman–Crippen LogP) is 2.82. The second-order valence-electron chi connectivity index (χ2n) is 7.12. The lowest BCUT2D eigenvalue weighted by Gasteiger charge is -2.31. The first-order chi connectivity index (χ1) is 13.6. The third-order valence-corrected chi connectivity index (χ3v) is 5.21. The molecule has 2 unspecified atom stereocenters. The zero-order chi connectivity index (χ0) is 19.5. The summed E-state index contributed by atoms with van der Waals surface area (Å²) in [7, 11) is 0. The van der Waals surface area contributed by atoms with E-state index in [-0.39, 0.29) is 30.4 Å². The molecular formula is C22H24N4O2. The fourth-order valence-electron chi connectivity index (χ4n) is 3.69. The molecule has 2 amide bonds. The number of carbonyl (C=O) groups is 2. The number of rotatable bonds is 5. The van der Waals surface area contributed by atoms with E-state index in [1.165, 1.54) is 4.90 Å². The standard InChI is InChI=1S/C22H24N4O2/c1-2-16-7-6-10-18(13-16)23-21(27)15-25-11-12-26-20(22(25)28)14-19(24-26)17-8-4-3-5-9-17/h3-13,19-20,24H,2,14-15H2,1H3,(H,23,27). The quantitative estimate of drug-likeness (QED) is 0.842.